The van der Waals surface area contributed by atoms with E-state index >= 15 is 0 Å². The number of benzene rings is 1. The van der Waals surface area contributed by atoms with Gasteiger partial charge in [0.15, 0.2) is 11.2 Å². The molecule has 114 valence electrons. The topological polar surface area (TPSA) is 65.7 Å². The zero-order chi connectivity index (χ0) is 15.7. The van der Waals surface area contributed by atoms with Crippen LogP contribution < -0.4 is 4.74 Å². The van der Waals surface area contributed by atoms with E-state index in [1.165, 1.54) is 0 Å². The highest BCUT2D eigenvalue weighted by atomic mass is 16.5. The number of aromatic nitrogens is 5. The van der Waals surface area contributed by atoms with Crippen LogP contribution in [0.15, 0.2) is 30.5 Å². The summed E-state index contributed by atoms with van der Waals surface area (Å²) in [5.74, 6) is 1.60. The molecule has 22 heavy (non-hydrogen) atoms. The summed E-state index contributed by atoms with van der Waals surface area (Å²) in [5, 5.41) is 8.31. The normalized spacial score (nSPS) is 11.8. The van der Waals surface area contributed by atoms with Crippen LogP contribution in [0.2, 0.25) is 0 Å². The van der Waals surface area contributed by atoms with Gasteiger partial charge < -0.3 is 4.74 Å². The number of hydrogen-bond acceptors (Lipinski definition) is 5. The van der Waals surface area contributed by atoms with Gasteiger partial charge in [-0.1, -0.05) is 26.0 Å². The van der Waals surface area contributed by atoms with Crippen LogP contribution in [0.1, 0.15) is 26.6 Å². The van der Waals surface area contributed by atoms with Gasteiger partial charge in [-0.05, 0) is 29.7 Å². The van der Waals surface area contributed by atoms with Gasteiger partial charge in [0.2, 0.25) is 0 Å². The fourth-order valence-corrected chi connectivity index (χ4v) is 2.22. The van der Waals surface area contributed by atoms with Gasteiger partial charge in [-0.3, -0.25) is 0 Å². The summed E-state index contributed by atoms with van der Waals surface area (Å²) in [7, 11) is 1.64. The van der Waals surface area contributed by atoms with E-state index in [1.807, 2.05) is 24.3 Å². The molecule has 0 radical (unpaired) electrons. The average Bonchev–Trinajstić information content (AvgIpc) is 2.89. The van der Waals surface area contributed by atoms with E-state index < -0.39 is 0 Å². The lowest BCUT2D eigenvalue weighted by Crippen LogP contribution is -2.12. The molecule has 0 fully saturated rings. The molecule has 0 saturated heterocycles. The van der Waals surface area contributed by atoms with Gasteiger partial charge >= 0.3 is 0 Å². The predicted octanol–water partition coefficient (Wildman–Crippen LogP) is 2.81. The second-order valence-corrected chi connectivity index (χ2v) is 6.43. The molecule has 0 amide bonds. The number of methoxy groups -OCH3 is 1. The van der Waals surface area contributed by atoms with Crippen LogP contribution in [0.5, 0.6) is 5.75 Å². The van der Waals surface area contributed by atoms with E-state index in [-0.39, 0.29) is 5.41 Å². The first-order valence-electron chi connectivity index (χ1n) is 7.18. The Morgan fingerprint density at radius 3 is 2.50 bits per heavy atom. The Hall–Kier alpha value is -2.50. The lowest BCUT2D eigenvalue weighted by molar-refractivity contribution is 0.401. The monoisotopic (exact) mass is 297 g/mol. The molecule has 0 atom stereocenters. The second-order valence-electron chi connectivity index (χ2n) is 6.43. The fraction of sp³-hybridized carbons (Fsp3) is 0.375. The van der Waals surface area contributed by atoms with Gasteiger partial charge in [0.1, 0.15) is 11.6 Å². The Morgan fingerprint density at radius 1 is 1.14 bits per heavy atom. The average molecular weight is 297 g/mol. The van der Waals surface area contributed by atoms with E-state index in [0.717, 1.165) is 29.3 Å². The standard InChI is InChI=1S/C16H19N5O/c1-16(2,3)9-14-17-10-13-15(18-14)21(20-19-13)11-5-7-12(22-4)8-6-11/h5-8,10H,9H2,1-4H3. The quantitative estimate of drug-likeness (QED) is 0.743. The number of ether oxygens (including phenoxy) is 1. The van der Waals surface area contributed by atoms with Gasteiger partial charge in [0.25, 0.3) is 0 Å². The molecule has 3 rings (SSSR count). The van der Waals surface area contributed by atoms with Crippen molar-refractivity contribution in [1.29, 1.82) is 0 Å². The summed E-state index contributed by atoms with van der Waals surface area (Å²) in [5.41, 5.74) is 2.43. The molecule has 0 aliphatic carbocycles. The molecule has 0 bridgehead atoms. The SMILES string of the molecule is COc1ccc(-n2nnc3cnc(CC(C)(C)C)nc32)cc1. The number of nitrogens with zero attached hydrogens (tertiary/aromatic N) is 5. The molecule has 0 saturated carbocycles. The minimum Gasteiger partial charge on any atom is -0.497 e. The van der Waals surface area contributed by atoms with E-state index in [2.05, 4.69) is 41.1 Å². The molecular formula is C16H19N5O. The van der Waals surface area contributed by atoms with Crippen molar-refractivity contribution in [2.24, 2.45) is 5.41 Å². The van der Waals surface area contributed by atoms with Crippen molar-refractivity contribution in [3.05, 3.63) is 36.3 Å². The molecule has 0 N–H and O–H groups in total. The maximum Gasteiger partial charge on any atom is 0.187 e. The van der Waals surface area contributed by atoms with Crippen LogP contribution >= 0.6 is 0 Å². The van der Waals surface area contributed by atoms with Gasteiger partial charge in [-0.15, -0.1) is 5.10 Å². The molecular weight excluding hydrogens is 278 g/mol. The van der Waals surface area contributed by atoms with Crippen molar-refractivity contribution in [1.82, 2.24) is 25.0 Å². The van der Waals surface area contributed by atoms with Gasteiger partial charge in [0, 0.05) is 6.42 Å². The number of rotatable bonds is 3. The second kappa shape index (κ2) is 5.36. The van der Waals surface area contributed by atoms with E-state index in [1.54, 1.807) is 18.0 Å². The molecule has 6 heteroatoms. The maximum atomic E-state index is 5.18. The van der Waals surface area contributed by atoms with Crippen molar-refractivity contribution in [2.75, 3.05) is 7.11 Å². The third-order valence-corrected chi connectivity index (χ3v) is 3.25. The lowest BCUT2D eigenvalue weighted by atomic mass is 9.92. The lowest BCUT2D eigenvalue weighted by Gasteiger charge is -2.16. The molecule has 0 spiro atoms. The molecule has 1 aromatic carbocycles. The zero-order valence-electron chi connectivity index (χ0n) is 13.2. The van der Waals surface area contributed by atoms with Crippen LogP contribution in [-0.4, -0.2) is 32.1 Å². The van der Waals surface area contributed by atoms with Crippen molar-refractivity contribution in [3.8, 4) is 11.4 Å². The van der Waals surface area contributed by atoms with Crippen molar-refractivity contribution in [3.63, 3.8) is 0 Å². The van der Waals surface area contributed by atoms with Crippen LogP contribution in [0, 0.1) is 5.41 Å². The Bertz CT molecular complexity index is 786. The van der Waals surface area contributed by atoms with Crippen LogP contribution in [0.4, 0.5) is 0 Å². The van der Waals surface area contributed by atoms with E-state index in [9.17, 15) is 0 Å². The maximum absolute atomic E-state index is 5.18. The van der Waals surface area contributed by atoms with Crippen molar-refractivity contribution in [2.45, 2.75) is 27.2 Å². The first kappa shape index (κ1) is 14.4. The van der Waals surface area contributed by atoms with Crippen LogP contribution in [0.25, 0.3) is 16.9 Å². The Morgan fingerprint density at radius 2 is 1.86 bits per heavy atom. The zero-order valence-corrected chi connectivity index (χ0v) is 13.2. The summed E-state index contributed by atoms with van der Waals surface area (Å²) in [4.78, 5) is 9.01. The third kappa shape index (κ3) is 2.90. The van der Waals surface area contributed by atoms with Crippen molar-refractivity contribution < 1.29 is 4.74 Å². The Balaban J connectivity index is 2.03. The largest absolute Gasteiger partial charge is 0.497 e. The summed E-state index contributed by atoms with van der Waals surface area (Å²) in [6.07, 6.45) is 2.53. The molecule has 2 heterocycles. The molecule has 3 aromatic rings. The van der Waals surface area contributed by atoms with Crippen LogP contribution in [-0.2, 0) is 6.42 Å². The Kier molecular flexibility index (Phi) is 3.52. The molecule has 0 aliphatic heterocycles. The number of fused-ring (bicyclic) bond motifs is 1. The van der Waals surface area contributed by atoms with E-state index in [0.29, 0.717) is 5.52 Å². The highest BCUT2D eigenvalue weighted by Crippen LogP contribution is 2.21. The third-order valence-electron chi connectivity index (χ3n) is 3.25. The minimum atomic E-state index is 0.131. The summed E-state index contributed by atoms with van der Waals surface area (Å²) in [6.45, 7) is 6.50. The summed E-state index contributed by atoms with van der Waals surface area (Å²) >= 11 is 0. The smallest absolute Gasteiger partial charge is 0.187 e. The highest BCUT2D eigenvalue weighted by molar-refractivity contribution is 5.70. The minimum absolute atomic E-state index is 0.131. The Labute approximate surface area is 129 Å². The van der Waals surface area contributed by atoms with E-state index in [4.69, 9.17) is 4.74 Å². The molecule has 0 aliphatic rings. The molecule has 6 nitrogen and oxygen atoms in total. The van der Waals surface area contributed by atoms with Gasteiger partial charge in [-0.25, -0.2) is 9.97 Å². The molecule has 2 aromatic heterocycles. The fourth-order valence-electron chi connectivity index (χ4n) is 2.22. The highest BCUT2D eigenvalue weighted by Gasteiger charge is 2.16. The first-order valence-corrected chi connectivity index (χ1v) is 7.18. The van der Waals surface area contributed by atoms with Gasteiger partial charge in [-0.2, -0.15) is 4.68 Å². The molecule has 0 unspecified atom stereocenters. The number of hydrogen-bond donors (Lipinski definition) is 0. The first-order chi connectivity index (χ1) is 10.5. The predicted molar refractivity (Wildman–Crippen MR) is 84.2 cm³/mol. The van der Waals surface area contributed by atoms with Crippen LogP contribution in [0.3, 0.4) is 0 Å². The van der Waals surface area contributed by atoms with Gasteiger partial charge in [0.05, 0.1) is 19.0 Å². The summed E-state index contributed by atoms with van der Waals surface area (Å²) in [6, 6.07) is 7.64. The van der Waals surface area contributed by atoms with Crippen molar-refractivity contribution >= 4 is 11.2 Å². The summed E-state index contributed by atoms with van der Waals surface area (Å²) < 4.78 is 6.90.